The van der Waals surface area contributed by atoms with E-state index in [9.17, 15) is 4.79 Å². The average molecular weight is 439 g/mol. The minimum atomic E-state index is 0.221. The zero-order valence-corrected chi connectivity index (χ0v) is 21.5. The van der Waals surface area contributed by atoms with Gasteiger partial charge in [-0.2, -0.15) is 0 Å². The lowest BCUT2D eigenvalue weighted by Crippen LogP contribution is -2.36. The maximum absolute atomic E-state index is 12.0. The number of amides is 1. The Morgan fingerprint density at radius 1 is 0.581 bits per heavy atom. The number of carbonyl (C=O) groups excluding carboxylic acids is 1. The largest absolute Gasteiger partial charge is 0.353 e. The van der Waals surface area contributed by atoms with Crippen molar-refractivity contribution in [3.63, 3.8) is 0 Å². The van der Waals surface area contributed by atoms with Crippen molar-refractivity contribution < 1.29 is 4.79 Å². The molecule has 3 N–H and O–H groups in total. The van der Waals surface area contributed by atoms with E-state index in [-0.39, 0.29) is 11.9 Å². The van der Waals surface area contributed by atoms with E-state index in [1.54, 1.807) is 0 Å². The molecule has 0 rings (SSSR count). The lowest BCUT2D eigenvalue weighted by Gasteiger charge is -2.17. The van der Waals surface area contributed by atoms with Crippen molar-refractivity contribution >= 4 is 5.91 Å². The lowest BCUT2D eigenvalue weighted by atomic mass is 10.0. The predicted octanol–water partition coefficient (Wildman–Crippen LogP) is 8.44. The van der Waals surface area contributed by atoms with Gasteiger partial charge in [0.2, 0.25) is 5.91 Å². The zero-order valence-electron chi connectivity index (χ0n) is 21.5. The molecule has 0 spiro atoms. The molecule has 0 aliphatic carbocycles. The fraction of sp³-hybridized carbons (Fsp3) is 0.964. The minimum absolute atomic E-state index is 0.221. The summed E-state index contributed by atoms with van der Waals surface area (Å²) >= 11 is 0. The molecule has 0 saturated carbocycles. The third kappa shape index (κ3) is 23.9. The van der Waals surface area contributed by atoms with Crippen LogP contribution in [0.2, 0.25) is 0 Å². The van der Waals surface area contributed by atoms with Gasteiger partial charge in [-0.25, -0.2) is 0 Å². The van der Waals surface area contributed by atoms with E-state index >= 15 is 0 Å². The van der Waals surface area contributed by atoms with Crippen LogP contribution in [0.3, 0.4) is 0 Å². The van der Waals surface area contributed by atoms with Gasteiger partial charge in [0.25, 0.3) is 0 Å². The summed E-state index contributed by atoms with van der Waals surface area (Å²) in [4.78, 5) is 12.0. The number of nitrogens with one attached hydrogen (secondary N) is 1. The van der Waals surface area contributed by atoms with Gasteiger partial charge in [0.15, 0.2) is 0 Å². The van der Waals surface area contributed by atoms with Gasteiger partial charge >= 0.3 is 0 Å². The normalized spacial score (nSPS) is 12.2. The van der Waals surface area contributed by atoms with Crippen molar-refractivity contribution in [2.45, 2.75) is 168 Å². The summed E-state index contributed by atoms with van der Waals surface area (Å²) in [6, 6.07) is 0.280. The summed E-state index contributed by atoms with van der Waals surface area (Å²) in [5, 5.41) is 3.16. The average Bonchev–Trinajstić information content (AvgIpc) is 2.75. The van der Waals surface area contributed by atoms with Crippen LogP contribution in [0, 0.1) is 0 Å². The standard InChI is InChI=1S/C28H58N2O/c1-3-5-6-7-8-9-10-11-12-13-14-15-16-17-18-19-20-21-22-24-28(31)30-27(23-4-2)25-26-29/h27H,3-26,29H2,1-2H3,(H,30,31). The maximum Gasteiger partial charge on any atom is 0.220 e. The quantitative estimate of drug-likeness (QED) is 0.140. The van der Waals surface area contributed by atoms with Gasteiger partial charge in [-0.1, -0.05) is 136 Å². The molecular weight excluding hydrogens is 380 g/mol. The Kier molecular flexibility index (Phi) is 25.2. The van der Waals surface area contributed by atoms with Gasteiger partial charge in [-0.15, -0.1) is 0 Å². The zero-order chi connectivity index (χ0) is 22.8. The molecule has 0 aromatic heterocycles. The summed E-state index contributed by atoms with van der Waals surface area (Å²) in [6.45, 7) is 5.11. The number of hydrogen-bond acceptors (Lipinski definition) is 2. The van der Waals surface area contributed by atoms with Crippen LogP contribution in [0.15, 0.2) is 0 Å². The second-order valence-electron chi connectivity index (χ2n) is 9.74. The molecule has 0 aliphatic heterocycles. The van der Waals surface area contributed by atoms with E-state index in [0.717, 1.165) is 25.7 Å². The Morgan fingerprint density at radius 3 is 1.32 bits per heavy atom. The molecule has 1 atom stereocenters. The fourth-order valence-corrected chi connectivity index (χ4v) is 4.50. The fourth-order valence-electron chi connectivity index (χ4n) is 4.50. The highest BCUT2D eigenvalue weighted by molar-refractivity contribution is 5.76. The van der Waals surface area contributed by atoms with Crippen molar-refractivity contribution in [2.24, 2.45) is 5.73 Å². The Labute approximate surface area is 196 Å². The summed E-state index contributed by atoms with van der Waals surface area (Å²) < 4.78 is 0. The van der Waals surface area contributed by atoms with Crippen molar-refractivity contribution in [1.82, 2.24) is 5.32 Å². The summed E-state index contributed by atoms with van der Waals surface area (Å²) in [6.07, 6.45) is 30.1. The van der Waals surface area contributed by atoms with Crippen LogP contribution >= 0.6 is 0 Å². The summed E-state index contributed by atoms with van der Waals surface area (Å²) in [5.74, 6) is 0.221. The highest BCUT2D eigenvalue weighted by atomic mass is 16.1. The first-order chi connectivity index (χ1) is 15.2. The smallest absolute Gasteiger partial charge is 0.220 e. The molecule has 31 heavy (non-hydrogen) atoms. The molecule has 3 heteroatoms. The maximum atomic E-state index is 12.0. The van der Waals surface area contributed by atoms with Crippen molar-refractivity contribution in [1.29, 1.82) is 0 Å². The van der Waals surface area contributed by atoms with Crippen LogP contribution in [0.1, 0.15) is 162 Å². The third-order valence-corrected chi connectivity index (χ3v) is 6.52. The molecule has 1 amide bonds. The first-order valence-electron chi connectivity index (χ1n) is 14.2. The highest BCUT2D eigenvalue weighted by Crippen LogP contribution is 2.15. The Morgan fingerprint density at radius 2 is 0.968 bits per heavy atom. The van der Waals surface area contributed by atoms with E-state index in [1.165, 1.54) is 116 Å². The van der Waals surface area contributed by atoms with E-state index < -0.39 is 0 Å². The van der Waals surface area contributed by atoms with Crippen LogP contribution in [0.4, 0.5) is 0 Å². The van der Waals surface area contributed by atoms with E-state index in [0.29, 0.717) is 13.0 Å². The van der Waals surface area contributed by atoms with Crippen LogP contribution in [0.25, 0.3) is 0 Å². The number of hydrogen-bond donors (Lipinski definition) is 2. The first kappa shape index (κ1) is 30.4. The van der Waals surface area contributed by atoms with Gasteiger partial charge in [0.05, 0.1) is 0 Å². The summed E-state index contributed by atoms with van der Waals surface area (Å²) in [5.41, 5.74) is 5.64. The van der Waals surface area contributed by atoms with Gasteiger partial charge in [0, 0.05) is 12.5 Å². The van der Waals surface area contributed by atoms with E-state index in [4.69, 9.17) is 5.73 Å². The molecular formula is C28H58N2O. The molecule has 0 aromatic carbocycles. The first-order valence-corrected chi connectivity index (χ1v) is 14.2. The second kappa shape index (κ2) is 25.7. The number of rotatable bonds is 25. The lowest BCUT2D eigenvalue weighted by molar-refractivity contribution is -0.122. The number of nitrogens with two attached hydrogens (primary N) is 1. The molecule has 0 saturated heterocycles. The molecule has 1 unspecified atom stereocenters. The molecule has 0 aromatic rings. The van der Waals surface area contributed by atoms with Crippen molar-refractivity contribution in [3.8, 4) is 0 Å². The van der Waals surface area contributed by atoms with E-state index in [2.05, 4.69) is 19.2 Å². The second-order valence-corrected chi connectivity index (χ2v) is 9.74. The molecule has 0 radical (unpaired) electrons. The SMILES string of the molecule is CCCCCCCCCCCCCCCCCCCCCC(=O)NC(CCC)CCN. The molecule has 0 heterocycles. The molecule has 186 valence electrons. The third-order valence-electron chi connectivity index (χ3n) is 6.52. The molecule has 0 fully saturated rings. The Hall–Kier alpha value is -0.570. The molecule has 0 aliphatic rings. The van der Waals surface area contributed by atoms with Gasteiger partial charge in [0.1, 0.15) is 0 Å². The van der Waals surface area contributed by atoms with E-state index in [1.807, 2.05) is 0 Å². The minimum Gasteiger partial charge on any atom is -0.353 e. The van der Waals surface area contributed by atoms with Gasteiger partial charge in [-0.3, -0.25) is 4.79 Å². The van der Waals surface area contributed by atoms with Crippen LogP contribution < -0.4 is 11.1 Å². The number of carbonyl (C=O) groups is 1. The van der Waals surface area contributed by atoms with Gasteiger partial charge in [-0.05, 0) is 25.8 Å². The molecule has 0 bridgehead atoms. The van der Waals surface area contributed by atoms with Crippen LogP contribution in [-0.4, -0.2) is 18.5 Å². The van der Waals surface area contributed by atoms with Gasteiger partial charge < -0.3 is 11.1 Å². The van der Waals surface area contributed by atoms with Crippen molar-refractivity contribution in [3.05, 3.63) is 0 Å². The summed E-state index contributed by atoms with van der Waals surface area (Å²) in [7, 11) is 0. The predicted molar refractivity (Wildman–Crippen MR) is 139 cm³/mol. The Balaban J connectivity index is 3.23. The molecule has 3 nitrogen and oxygen atoms in total. The monoisotopic (exact) mass is 438 g/mol. The Bertz CT molecular complexity index is 353. The number of unbranched alkanes of at least 4 members (excludes halogenated alkanes) is 18. The highest BCUT2D eigenvalue weighted by Gasteiger charge is 2.10. The van der Waals surface area contributed by atoms with Crippen LogP contribution in [0.5, 0.6) is 0 Å². The van der Waals surface area contributed by atoms with Crippen molar-refractivity contribution in [2.75, 3.05) is 6.54 Å². The topological polar surface area (TPSA) is 55.1 Å². The van der Waals surface area contributed by atoms with Crippen LogP contribution in [-0.2, 0) is 4.79 Å².